The molecule has 0 unspecified atom stereocenters. The highest BCUT2D eigenvalue weighted by Gasteiger charge is 2.18. The molecule has 1 aromatic heterocycles. The predicted octanol–water partition coefficient (Wildman–Crippen LogP) is 5.30. The third-order valence-corrected chi connectivity index (χ3v) is 5.99. The first-order valence-electron chi connectivity index (χ1n) is 10.2. The van der Waals surface area contributed by atoms with Gasteiger partial charge in [0, 0.05) is 17.0 Å². The fourth-order valence-electron chi connectivity index (χ4n) is 3.59. The molecule has 0 aliphatic carbocycles. The molecule has 4 aromatic rings. The maximum Gasteiger partial charge on any atom is 0.266 e. The smallest absolute Gasteiger partial charge is 0.266 e. The lowest BCUT2D eigenvalue weighted by molar-refractivity contribution is 0.324. The second-order valence-corrected chi connectivity index (χ2v) is 8.00. The lowest BCUT2D eigenvalue weighted by Gasteiger charge is -2.17. The van der Waals surface area contributed by atoms with Crippen molar-refractivity contribution in [3.05, 3.63) is 82.4 Å². The number of hydrogen-bond donors (Lipinski definition) is 0. The average Bonchev–Trinajstić information content (AvgIpc) is 2.87. The maximum atomic E-state index is 13.6. The highest BCUT2D eigenvalue weighted by atomic mass is 32.2. The molecule has 0 amide bonds. The van der Waals surface area contributed by atoms with Gasteiger partial charge in [-0.1, -0.05) is 30.3 Å². The van der Waals surface area contributed by atoms with E-state index in [-0.39, 0.29) is 5.56 Å². The Kier molecular flexibility index (Phi) is 6.70. The van der Waals surface area contributed by atoms with Crippen molar-refractivity contribution >= 4 is 34.8 Å². The molecule has 0 saturated carbocycles. The second-order valence-electron chi connectivity index (χ2n) is 7.12. The Labute approximate surface area is 196 Å². The molecule has 0 bridgehead atoms. The van der Waals surface area contributed by atoms with Gasteiger partial charge >= 0.3 is 0 Å². The number of hydrogen-bond acceptors (Lipinski definition) is 6. The summed E-state index contributed by atoms with van der Waals surface area (Å²) in [5, 5.41) is 0.521. The number of rotatable bonds is 7. The van der Waals surface area contributed by atoms with E-state index in [1.165, 1.54) is 4.90 Å². The van der Waals surface area contributed by atoms with Gasteiger partial charge in [0.25, 0.3) is 5.56 Å². The standard InChI is InChI=1S/C26H24N2O4S/c1-30-22-15-18(16-23(31-2)25(22)32-3)28-24(14-11-17-9-12-19(33-4)13-10-17)27-21-8-6-5-7-20(21)26(28)29/h5-16H,1-4H3/b14-11+. The van der Waals surface area contributed by atoms with E-state index >= 15 is 0 Å². The van der Waals surface area contributed by atoms with Crippen molar-refractivity contribution in [2.75, 3.05) is 27.6 Å². The summed E-state index contributed by atoms with van der Waals surface area (Å²) in [5.41, 5.74) is 2.01. The lowest BCUT2D eigenvalue weighted by Crippen LogP contribution is -2.22. The van der Waals surface area contributed by atoms with E-state index in [4.69, 9.17) is 19.2 Å². The Morgan fingerprint density at radius 1 is 0.879 bits per heavy atom. The second kappa shape index (κ2) is 9.83. The molecule has 0 radical (unpaired) electrons. The van der Waals surface area contributed by atoms with Crippen LogP contribution in [-0.2, 0) is 0 Å². The summed E-state index contributed by atoms with van der Waals surface area (Å²) in [6.07, 6.45) is 5.82. The van der Waals surface area contributed by atoms with E-state index in [1.807, 2.05) is 48.7 Å². The van der Waals surface area contributed by atoms with Crippen LogP contribution in [0.15, 0.2) is 70.4 Å². The monoisotopic (exact) mass is 460 g/mol. The van der Waals surface area contributed by atoms with Crippen LogP contribution in [0.2, 0.25) is 0 Å². The molecule has 0 aliphatic heterocycles. The van der Waals surface area contributed by atoms with Gasteiger partial charge in [0.15, 0.2) is 11.5 Å². The molecule has 0 spiro atoms. The maximum absolute atomic E-state index is 13.6. The third kappa shape index (κ3) is 4.45. The van der Waals surface area contributed by atoms with E-state index in [9.17, 15) is 4.79 Å². The summed E-state index contributed by atoms with van der Waals surface area (Å²) >= 11 is 1.69. The molecular formula is C26H24N2O4S. The van der Waals surface area contributed by atoms with E-state index in [0.717, 1.165) is 5.56 Å². The number of nitrogens with zero attached hydrogens (tertiary/aromatic N) is 2. The largest absolute Gasteiger partial charge is 0.493 e. The number of para-hydroxylation sites is 1. The summed E-state index contributed by atoms with van der Waals surface area (Å²) in [5.74, 6) is 1.85. The molecule has 33 heavy (non-hydrogen) atoms. The number of methoxy groups -OCH3 is 3. The Hall–Kier alpha value is -3.71. The van der Waals surface area contributed by atoms with Crippen molar-refractivity contribution in [1.82, 2.24) is 9.55 Å². The summed E-state index contributed by atoms with van der Waals surface area (Å²) in [4.78, 5) is 19.5. The summed E-state index contributed by atoms with van der Waals surface area (Å²) in [6.45, 7) is 0. The summed E-state index contributed by atoms with van der Waals surface area (Å²) in [7, 11) is 4.63. The number of benzene rings is 3. The topological polar surface area (TPSA) is 62.6 Å². The van der Waals surface area contributed by atoms with Gasteiger partial charge in [0.2, 0.25) is 5.75 Å². The summed E-state index contributed by atoms with van der Waals surface area (Å²) < 4.78 is 18.0. The zero-order chi connectivity index (χ0) is 23.4. The lowest BCUT2D eigenvalue weighted by atomic mass is 10.2. The van der Waals surface area contributed by atoms with E-state index in [1.54, 1.807) is 55.9 Å². The van der Waals surface area contributed by atoms with E-state index in [2.05, 4.69) is 12.1 Å². The summed E-state index contributed by atoms with van der Waals surface area (Å²) in [6, 6.07) is 19.0. The fraction of sp³-hybridized carbons (Fsp3) is 0.154. The average molecular weight is 461 g/mol. The Balaban J connectivity index is 1.94. The molecule has 0 saturated heterocycles. The van der Waals surface area contributed by atoms with Gasteiger partial charge in [-0.15, -0.1) is 11.8 Å². The molecule has 7 heteroatoms. The van der Waals surface area contributed by atoms with Crippen molar-refractivity contribution in [3.8, 4) is 22.9 Å². The van der Waals surface area contributed by atoms with Crippen molar-refractivity contribution in [1.29, 1.82) is 0 Å². The van der Waals surface area contributed by atoms with Gasteiger partial charge in [-0.25, -0.2) is 4.98 Å². The quantitative estimate of drug-likeness (QED) is 0.349. The highest BCUT2D eigenvalue weighted by Crippen LogP contribution is 2.39. The van der Waals surface area contributed by atoms with E-state index < -0.39 is 0 Å². The van der Waals surface area contributed by atoms with Crippen molar-refractivity contribution in [2.24, 2.45) is 0 Å². The molecule has 0 atom stereocenters. The van der Waals surface area contributed by atoms with Gasteiger partial charge < -0.3 is 14.2 Å². The normalized spacial score (nSPS) is 11.2. The van der Waals surface area contributed by atoms with Crippen LogP contribution in [0.4, 0.5) is 0 Å². The highest BCUT2D eigenvalue weighted by molar-refractivity contribution is 7.98. The Morgan fingerprint density at radius 2 is 1.55 bits per heavy atom. The predicted molar refractivity (Wildman–Crippen MR) is 134 cm³/mol. The number of aromatic nitrogens is 2. The molecule has 1 heterocycles. The Bertz CT molecular complexity index is 1350. The van der Waals surface area contributed by atoms with Gasteiger partial charge in [-0.05, 0) is 42.2 Å². The number of thioether (sulfide) groups is 1. The molecular weight excluding hydrogens is 436 g/mol. The molecule has 0 fully saturated rings. The molecule has 0 N–H and O–H groups in total. The number of fused-ring (bicyclic) bond motifs is 1. The third-order valence-electron chi connectivity index (χ3n) is 5.25. The molecule has 4 rings (SSSR count). The molecule has 168 valence electrons. The van der Waals surface area contributed by atoms with Crippen LogP contribution in [0.5, 0.6) is 17.2 Å². The van der Waals surface area contributed by atoms with Gasteiger partial charge in [0.1, 0.15) is 5.82 Å². The zero-order valence-corrected chi connectivity index (χ0v) is 19.7. The van der Waals surface area contributed by atoms with Crippen LogP contribution in [0.3, 0.4) is 0 Å². The zero-order valence-electron chi connectivity index (χ0n) is 18.9. The fourth-order valence-corrected chi connectivity index (χ4v) is 4.00. The van der Waals surface area contributed by atoms with Gasteiger partial charge in [-0.3, -0.25) is 9.36 Å². The minimum Gasteiger partial charge on any atom is -0.493 e. The first kappa shape index (κ1) is 22.5. The first-order chi connectivity index (χ1) is 16.1. The SMILES string of the molecule is COc1cc(-n2c(/C=C/c3ccc(SC)cc3)nc3ccccc3c2=O)cc(OC)c1OC. The van der Waals surface area contributed by atoms with Crippen molar-refractivity contribution in [2.45, 2.75) is 4.90 Å². The molecule has 3 aromatic carbocycles. The van der Waals surface area contributed by atoms with Crippen LogP contribution in [-0.4, -0.2) is 37.1 Å². The van der Waals surface area contributed by atoms with Crippen LogP contribution in [0.25, 0.3) is 28.7 Å². The molecule has 0 aliphatic rings. The number of ether oxygens (including phenoxy) is 3. The van der Waals surface area contributed by atoms with E-state index in [0.29, 0.717) is 39.7 Å². The van der Waals surface area contributed by atoms with Crippen LogP contribution < -0.4 is 19.8 Å². The Morgan fingerprint density at radius 3 is 2.15 bits per heavy atom. The van der Waals surface area contributed by atoms with Crippen LogP contribution in [0, 0.1) is 0 Å². The van der Waals surface area contributed by atoms with Crippen LogP contribution >= 0.6 is 11.8 Å². The van der Waals surface area contributed by atoms with Gasteiger partial charge in [-0.2, -0.15) is 0 Å². The van der Waals surface area contributed by atoms with Crippen molar-refractivity contribution < 1.29 is 14.2 Å². The first-order valence-corrected chi connectivity index (χ1v) is 11.5. The molecule has 6 nitrogen and oxygen atoms in total. The van der Waals surface area contributed by atoms with Gasteiger partial charge in [0.05, 0.1) is 37.9 Å². The minimum atomic E-state index is -0.188. The minimum absolute atomic E-state index is 0.188. The van der Waals surface area contributed by atoms with Crippen molar-refractivity contribution in [3.63, 3.8) is 0 Å². The van der Waals surface area contributed by atoms with Crippen LogP contribution in [0.1, 0.15) is 11.4 Å².